The van der Waals surface area contributed by atoms with Crippen molar-refractivity contribution in [3.63, 3.8) is 0 Å². The molecule has 3 nitrogen and oxygen atoms in total. The van der Waals surface area contributed by atoms with E-state index in [0.717, 1.165) is 23.4 Å². The van der Waals surface area contributed by atoms with Crippen LogP contribution in [0.2, 0.25) is 0 Å². The van der Waals surface area contributed by atoms with E-state index >= 15 is 0 Å². The van der Waals surface area contributed by atoms with Gasteiger partial charge in [-0.25, -0.2) is 9.97 Å². The van der Waals surface area contributed by atoms with Crippen LogP contribution in [0, 0.1) is 18.3 Å². The fraction of sp³-hybridized carbons (Fsp3) is 0.333. The maximum atomic E-state index is 4.92. The van der Waals surface area contributed by atoms with Crippen LogP contribution in [0.4, 0.5) is 0 Å². The lowest BCUT2D eigenvalue weighted by atomic mass is 9.87. The van der Waals surface area contributed by atoms with Crippen LogP contribution in [0.25, 0.3) is 59.9 Å². The van der Waals surface area contributed by atoms with Gasteiger partial charge in [-0.15, -0.1) is 0 Å². The highest BCUT2D eigenvalue weighted by atomic mass is 14.9. The molecule has 39 heavy (non-hydrogen) atoms. The van der Waals surface area contributed by atoms with E-state index in [4.69, 9.17) is 9.97 Å². The van der Waals surface area contributed by atoms with Crippen molar-refractivity contribution < 1.29 is 0 Å². The number of benzene rings is 4. The summed E-state index contributed by atoms with van der Waals surface area (Å²) >= 11 is 0. The highest BCUT2D eigenvalue weighted by Crippen LogP contribution is 2.43. The first kappa shape index (κ1) is 23.2. The van der Waals surface area contributed by atoms with Gasteiger partial charge in [0.05, 0.1) is 33.0 Å². The molecule has 0 unspecified atom stereocenters. The van der Waals surface area contributed by atoms with Gasteiger partial charge in [-0.3, -0.25) is 0 Å². The Balaban J connectivity index is 1.49. The van der Waals surface area contributed by atoms with Crippen LogP contribution < -0.4 is 0 Å². The lowest BCUT2D eigenvalue weighted by molar-refractivity contribution is 0.411. The molecule has 1 aliphatic rings. The zero-order chi connectivity index (χ0) is 26.5. The number of aromatic nitrogens is 3. The van der Waals surface area contributed by atoms with Crippen LogP contribution in [-0.2, 0) is 12.8 Å². The van der Waals surface area contributed by atoms with Crippen LogP contribution in [0.15, 0.2) is 60.9 Å². The molecule has 1 aliphatic carbocycles. The molecule has 0 spiro atoms. The molecular formula is C36H35N3. The molecule has 0 N–H and O–H groups in total. The topological polar surface area (TPSA) is 30.2 Å². The Morgan fingerprint density at radius 1 is 0.795 bits per heavy atom. The molecule has 3 heterocycles. The standard InChI is InChI=1S/C36H35N3/c1-21-26-11-9-24(19-36(2,3)4)16-25(26)18-29-33-32-30(37-20-38-33)13-12-27-28-17-23(15-22-7-5-6-8-22)10-14-31(28)39(34(21)29)35(27)32/h9-14,16-18,20,22H,5-8,15,19H2,1-4H3. The molecule has 0 radical (unpaired) electrons. The second kappa shape index (κ2) is 8.14. The van der Waals surface area contributed by atoms with E-state index in [1.165, 1.54) is 97.7 Å². The van der Waals surface area contributed by atoms with E-state index in [2.05, 4.69) is 86.7 Å². The molecule has 0 amide bonds. The minimum atomic E-state index is 0.251. The normalized spacial score (nSPS) is 15.4. The molecule has 3 aromatic heterocycles. The van der Waals surface area contributed by atoms with Crippen LogP contribution in [-0.4, -0.2) is 14.4 Å². The summed E-state index contributed by atoms with van der Waals surface area (Å²) in [7, 11) is 0. The van der Waals surface area contributed by atoms with Gasteiger partial charge in [-0.05, 0) is 88.9 Å². The molecule has 194 valence electrons. The van der Waals surface area contributed by atoms with E-state index in [0.29, 0.717) is 0 Å². The van der Waals surface area contributed by atoms with Crippen LogP contribution in [0.1, 0.15) is 63.1 Å². The minimum Gasteiger partial charge on any atom is -0.308 e. The molecule has 0 bridgehead atoms. The Bertz CT molecular complexity index is 2070. The summed E-state index contributed by atoms with van der Waals surface area (Å²) < 4.78 is 2.52. The quantitative estimate of drug-likeness (QED) is 0.175. The number of aryl methyl sites for hydroxylation is 1. The number of hydrogen-bond donors (Lipinski definition) is 0. The van der Waals surface area contributed by atoms with Crippen molar-refractivity contribution in [1.82, 2.24) is 14.4 Å². The fourth-order valence-corrected chi connectivity index (χ4v) is 7.63. The highest BCUT2D eigenvalue weighted by Gasteiger charge is 2.23. The predicted octanol–water partition coefficient (Wildman–Crippen LogP) is 9.56. The molecular weight excluding hydrogens is 474 g/mol. The number of rotatable bonds is 3. The largest absolute Gasteiger partial charge is 0.308 e. The molecule has 8 rings (SSSR count). The highest BCUT2D eigenvalue weighted by molar-refractivity contribution is 6.28. The second-order valence-corrected chi connectivity index (χ2v) is 13.3. The summed E-state index contributed by atoms with van der Waals surface area (Å²) in [6.45, 7) is 9.23. The van der Waals surface area contributed by atoms with Gasteiger partial charge in [0, 0.05) is 16.2 Å². The third kappa shape index (κ3) is 3.48. The van der Waals surface area contributed by atoms with Gasteiger partial charge in [-0.1, -0.05) is 70.7 Å². The Morgan fingerprint density at radius 3 is 2.41 bits per heavy atom. The van der Waals surface area contributed by atoms with Crippen LogP contribution in [0.3, 0.4) is 0 Å². The number of hydrogen-bond acceptors (Lipinski definition) is 2. The monoisotopic (exact) mass is 509 g/mol. The van der Waals surface area contributed by atoms with E-state index in [1.807, 2.05) is 0 Å². The zero-order valence-corrected chi connectivity index (χ0v) is 23.4. The molecule has 3 heteroatoms. The minimum absolute atomic E-state index is 0.251. The first-order chi connectivity index (χ1) is 18.9. The van der Waals surface area contributed by atoms with Crippen molar-refractivity contribution in [3.05, 3.63) is 77.6 Å². The summed E-state index contributed by atoms with van der Waals surface area (Å²) in [5.41, 5.74) is 10.3. The lowest BCUT2D eigenvalue weighted by Crippen LogP contribution is -2.09. The van der Waals surface area contributed by atoms with Crippen LogP contribution >= 0.6 is 0 Å². The van der Waals surface area contributed by atoms with Crippen molar-refractivity contribution in [2.75, 3.05) is 0 Å². The fourth-order valence-electron chi connectivity index (χ4n) is 7.63. The van der Waals surface area contributed by atoms with Gasteiger partial charge in [0.2, 0.25) is 0 Å². The van der Waals surface area contributed by atoms with Gasteiger partial charge in [0.15, 0.2) is 0 Å². The van der Waals surface area contributed by atoms with Crippen molar-refractivity contribution in [2.45, 2.75) is 66.2 Å². The summed E-state index contributed by atoms with van der Waals surface area (Å²) in [4.78, 5) is 9.63. The van der Waals surface area contributed by atoms with Gasteiger partial charge in [0.1, 0.15) is 6.33 Å². The van der Waals surface area contributed by atoms with Crippen molar-refractivity contribution in [1.29, 1.82) is 0 Å². The van der Waals surface area contributed by atoms with E-state index in [1.54, 1.807) is 6.33 Å². The van der Waals surface area contributed by atoms with E-state index in [9.17, 15) is 0 Å². The van der Waals surface area contributed by atoms with E-state index < -0.39 is 0 Å². The Kier molecular flexibility index (Phi) is 4.84. The van der Waals surface area contributed by atoms with Gasteiger partial charge in [0.25, 0.3) is 0 Å². The molecule has 4 aromatic carbocycles. The first-order valence-corrected chi connectivity index (χ1v) is 14.6. The van der Waals surface area contributed by atoms with Gasteiger partial charge < -0.3 is 4.40 Å². The van der Waals surface area contributed by atoms with Crippen molar-refractivity contribution in [2.24, 2.45) is 11.3 Å². The molecule has 0 saturated heterocycles. The average molecular weight is 510 g/mol. The number of nitrogens with zero attached hydrogens (tertiary/aromatic N) is 3. The number of pyridine rings is 1. The third-order valence-corrected chi connectivity index (χ3v) is 9.23. The molecule has 1 saturated carbocycles. The van der Waals surface area contributed by atoms with Gasteiger partial charge >= 0.3 is 0 Å². The van der Waals surface area contributed by atoms with Crippen molar-refractivity contribution >= 4 is 59.9 Å². The molecule has 7 aromatic rings. The SMILES string of the molecule is Cc1c2ccc(CC(C)(C)C)cc2cc2c3ncnc4ccc5c6cc(CC7CCCC7)ccc6n(c12)c5c43. The summed E-state index contributed by atoms with van der Waals surface area (Å²) in [5.74, 6) is 0.838. The third-order valence-electron chi connectivity index (χ3n) is 9.23. The Hall–Kier alpha value is -3.72. The summed E-state index contributed by atoms with van der Waals surface area (Å²) in [6.07, 6.45) is 9.53. The maximum Gasteiger partial charge on any atom is 0.116 e. The lowest BCUT2D eigenvalue weighted by Gasteiger charge is -2.19. The summed E-state index contributed by atoms with van der Waals surface area (Å²) in [6, 6.07) is 21.1. The van der Waals surface area contributed by atoms with Crippen LogP contribution in [0.5, 0.6) is 0 Å². The number of fused-ring (bicyclic) bond motifs is 7. The summed E-state index contributed by atoms with van der Waals surface area (Å²) in [5, 5.41) is 7.68. The van der Waals surface area contributed by atoms with Crippen molar-refractivity contribution in [3.8, 4) is 0 Å². The maximum absolute atomic E-state index is 4.92. The Morgan fingerprint density at radius 2 is 1.59 bits per heavy atom. The average Bonchev–Trinajstić information content (AvgIpc) is 3.53. The Labute approximate surface area is 229 Å². The predicted molar refractivity (Wildman–Crippen MR) is 165 cm³/mol. The molecule has 0 atom stereocenters. The molecule has 1 fully saturated rings. The van der Waals surface area contributed by atoms with E-state index in [-0.39, 0.29) is 5.41 Å². The second-order valence-electron chi connectivity index (χ2n) is 13.3. The zero-order valence-electron chi connectivity index (χ0n) is 23.4. The smallest absolute Gasteiger partial charge is 0.116 e. The first-order valence-electron chi connectivity index (χ1n) is 14.6. The van der Waals surface area contributed by atoms with Gasteiger partial charge in [-0.2, -0.15) is 0 Å². The molecule has 0 aliphatic heterocycles.